The Balaban J connectivity index is 4.76. The molecule has 0 fully saturated rings. The highest BCUT2D eigenvalue weighted by Crippen LogP contribution is 2.18. The fourth-order valence-corrected chi connectivity index (χ4v) is 11.1. The summed E-state index contributed by atoms with van der Waals surface area (Å²) < 4.78 is 18.9. The Labute approximate surface area is 487 Å². The number of carbonyl (C=O) groups excluding carboxylic acids is 3. The van der Waals surface area contributed by atoms with Gasteiger partial charge in [-0.05, 0) is 19.3 Å². The Hall–Kier alpha value is -1.71. The van der Waals surface area contributed by atoms with Crippen LogP contribution in [0.4, 0.5) is 0 Å². The normalized spacial score (nSPS) is 12.2. The summed E-state index contributed by atoms with van der Waals surface area (Å²) in [6.07, 6.45) is 63.4. The Morgan fingerprint density at radius 2 is 0.397 bits per heavy atom. The van der Waals surface area contributed by atoms with Crippen LogP contribution >= 0.6 is 0 Å². The first-order chi connectivity index (χ1) is 37.8. The first kappa shape index (κ1) is 76.3. The van der Waals surface area contributed by atoms with E-state index < -0.39 is 0 Å². The minimum absolute atomic E-state index is 0.149. The summed E-state index contributed by atoms with van der Waals surface area (Å²) in [5, 5.41) is 0. The van der Waals surface area contributed by atoms with Crippen LogP contribution in [-0.4, -0.2) is 132 Å². The molecule has 0 spiro atoms. The van der Waals surface area contributed by atoms with Gasteiger partial charge in [0.2, 0.25) is 0 Å². The van der Waals surface area contributed by atoms with Crippen LogP contribution < -0.4 is 0 Å². The van der Waals surface area contributed by atoms with E-state index in [2.05, 4.69) is 56.0 Å². The summed E-state index contributed by atoms with van der Waals surface area (Å²) in [5.41, 5.74) is 0. The molecule has 0 saturated carbocycles. The van der Waals surface area contributed by atoms with E-state index in [-0.39, 0.29) is 24.5 Å². The summed E-state index contributed by atoms with van der Waals surface area (Å²) in [5.74, 6) is -0.459. The van der Waals surface area contributed by atoms with Crippen LogP contribution in [-0.2, 0) is 28.6 Å². The van der Waals surface area contributed by atoms with Crippen LogP contribution in [0.25, 0.3) is 0 Å². The van der Waals surface area contributed by atoms with Crippen LogP contribution in [0.1, 0.15) is 329 Å². The molecule has 0 aromatic heterocycles. The van der Waals surface area contributed by atoms with Crippen molar-refractivity contribution in [2.75, 3.05) is 101 Å². The summed E-state index contributed by atoms with van der Waals surface area (Å²) in [7, 11) is 10.5. The van der Waals surface area contributed by atoms with E-state index in [1.54, 1.807) is 0 Å². The molecule has 0 saturated heterocycles. The monoisotopic (exact) mass is 1110 g/mol. The topological polar surface area (TPSA) is 78.9 Å². The van der Waals surface area contributed by atoms with Gasteiger partial charge in [0.05, 0.1) is 55.1 Å². The molecule has 0 aliphatic heterocycles. The second-order valence-corrected chi connectivity index (χ2v) is 26.4. The highest BCUT2D eigenvalue weighted by atomic mass is 16.5. The average molecular weight is 1110 g/mol. The Kier molecular flexibility index (Phi) is 54.6. The molecule has 0 aromatic carbocycles. The van der Waals surface area contributed by atoms with Gasteiger partial charge in [-0.25, -0.2) is 14.4 Å². The lowest BCUT2D eigenvalue weighted by atomic mass is 10.0. The van der Waals surface area contributed by atoms with Gasteiger partial charge in [0.15, 0.2) is 19.6 Å². The molecule has 0 unspecified atom stereocenters. The minimum Gasteiger partial charge on any atom is -0.462 e. The quantitative estimate of drug-likeness (QED) is 0.0261. The van der Waals surface area contributed by atoms with Gasteiger partial charge in [0.25, 0.3) is 0 Å². The zero-order chi connectivity index (χ0) is 57.4. The third-order valence-electron chi connectivity index (χ3n) is 16.9. The van der Waals surface area contributed by atoms with Gasteiger partial charge in [-0.2, -0.15) is 0 Å². The van der Waals surface area contributed by atoms with Crippen LogP contribution in [0, 0.1) is 0 Å². The molecular weight excluding hydrogens is 967 g/mol. The van der Waals surface area contributed by atoms with Gasteiger partial charge in [-0.3, -0.25) is 0 Å². The van der Waals surface area contributed by atoms with E-state index in [0.717, 1.165) is 38.5 Å². The van der Waals surface area contributed by atoms with Crippen LogP contribution in [0.5, 0.6) is 0 Å². The van der Waals surface area contributed by atoms with Gasteiger partial charge >= 0.3 is 17.9 Å². The number of likely N-dealkylation sites (N-methyl/N-ethyl adjacent to an activating group) is 3. The van der Waals surface area contributed by atoms with E-state index >= 15 is 0 Å². The van der Waals surface area contributed by atoms with E-state index in [1.807, 2.05) is 0 Å². The molecule has 9 heteroatoms. The molecule has 0 bridgehead atoms. The predicted octanol–water partition coefficient (Wildman–Crippen LogP) is 19.0. The molecule has 0 heterocycles. The van der Waals surface area contributed by atoms with Crippen molar-refractivity contribution >= 4 is 17.9 Å². The first-order valence-electron chi connectivity index (χ1n) is 34.7. The first-order valence-corrected chi connectivity index (χ1v) is 34.7. The summed E-state index contributed by atoms with van der Waals surface area (Å²) in [6.45, 7) is 12.0. The van der Waals surface area contributed by atoms with Crippen LogP contribution in [0.15, 0.2) is 0 Å². The highest BCUT2D eigenvalue weighted by molar-refractivity contribution is 5.71. The lowest BCUT2D eigenvalue weighted by Gasteiger charge is -2.39. The largest absolute Gasteiger partial charge is 0.462 e. The molecule has 0 aliphatic carbocycles. The smallest absolute Gasteiger partial charge is 0.361 e. The SMILES string of the molecule is CCCCCCCCCCCCCCCCCCOC(=O)C[N+](C)(C)CC[N+](C)(CC[N+](C)(C)CC(=O)OCCCCCCCCCCCCCCCCCC)CC(=O)OCCCCCCCCCCCCCCCCCC. The van der Waals surface area contributed by atoms with Crippen LogP contribution in [0.2, 0.25) is 0 Å². The number of esters is 3. The van der Waals surface area contributed by atoms with Crippen molar-refractivity contribution in [1.82, 2.24) is 0 Å². The maximum Gasteiger partial charge on any atom is 0.361 e. The van der Waals surface area contributed by atoms with Crippen molar-refractivity contribution in [2.24, 2.45) is 0 Å². The fourth-order valence-electron chi connectivity index (χ4n) is 11.1. The van der Waals surface area contributed by atoms with Crippen molar-refractivity contribution in [2.45, 2.75) is 329 Å². The summed E-state index contributed by atoms with van der Waals surface area (Å²) in [4.78, 5) is 39.7. The minimum atomic E-state index is -0.162. The zero-order valence-corrected chi connectivity index (χ0v) is 54.3. The van der Waals surface area contributed by atoms with Gasteiger partial charge in [0, 0.05) is 0 Å². The van der Waals surface area contributed by atoms with E-state index in [4.69, 9.17) is 14.2 Å². The van der Waals surface area contributed by atoms with E-state index in [0.29, 0.717) is 72.5 Å². The highest BCUT2D eigenvalue weighted by Gasteiger charge is 2.34. The Morgan fingerprint density at radius 3 is 0.590 bits per heavy atom. The number of quaternary nitrogens is 3. The molecule has 9 nitrogen and oxygen atoms in total. The Morgan fingerprint density at radius 1 is 0.231 bits per heavy atom. The number of unbranched alkanes of at least 4 members (excludes halogenated alkanes) is 45. The molecule has 464 valence electrons. The van der Waals surface area contributed by atoms with Gasteiger partial charge in [0.1, 0.15) is 26.2 Å². The number of carbonyl (C=O) groups is 3. The van der Waals surface area contributed by atoms with Gasteiger partial charge in [-0.15, -0.1) is 0 Å². The maximum atomic E-state index is 13.5. The van der Waals surface area contributed by atoms with Crippen LogP contribution in [0.3, 0.4) is 0 Å². The molecule has 0 aromatic rings. The second kappa shape index (κ2) is 55.8. The number of nitrogens with zero attached hydrogens (tertiary/aromatic N) is 3. The third-order valence-corrected chi connectivity index (χ3v) is 16.9. The molecule has 0 atom stereocenters. The number of ether oxygens (including phenoxy) is 3. The maximum absolute atomic E-state index is 13.5. The molecule has 0 aliphatic rings. The second-order valence-electron chi connectivity index (χ2n) is 26.4. The van der Waals surface area contributed by atoms with E-state index in [1.165, 1.54) is 270 Å². The average Bonchev–Trinajstić information content (AvgIpc) is 3.40. The molecule has 0 amide bonds. The Bertz CT molecular complexity index is 1240. The third kappa shape index (κ3) is 56.2. The number of hydrogen-bond acceptors (Lipinski definition) is 6. The van der Waals surface area contributed by atoms with Crippen molar-refractivity contribution in [3.63, 3.8) is 0 Å². The van der Waals surface area contributed by atoms with Crippen molar-refractivity contribution in [3.8, 4) is 0 Å². The fraction of sp³-hybridized carbons (Fsp3) is 0.957. The zero-order valence-electron chi connectivity index (χ0n) is 54.3. The van der Waals surface area contributed by atoms with Gasteiger partial charge in [-0.1, -0.05) is 310 Å². The molecule has 0 radical (unpaired) electrons. The molecule has 78 heavy (non-hydrogen) atoms. The summed E-state index contributed by atoms with van der Waals surface area (Å²) >= 11 is 0. The van der Waals surface area contributed by atoms with Crippen molar-refractivity contribution in [1.29, 1.82) is 0 Å². The lowest BCUT2D eigenvalue weighted by molar-refractivity contribution is -0.970. The predicted molar refractivity (Wildman–Crippen MR) is 336 cm³/mol. The van der Waals surface area contributed by atoms with Crippen molar-refractivity contribution < 1.29 is 42.0 Å². The molecule has 0 N–H and O–H groups in total. The summed E-state index contributed by atoms with van der Waals surface area (Å²) in [6, 6.07) is 0. The van der Waals surface area contributed by atoms with E-state index in [9.17, 15) is 14.4 Å². The molecule has 0 rings (SSSR count). The number of rotatable bonds is 63. The van der Waals surface area contributed by atoms with Gasteiger partial charge < -0.3 is 27.7 Å². The van der Waals surface area contributed by atoms with Crippen molar-refractivity contribution in [3.05, 3.63) is 0 Å². The lowest BCUT2D eigenvalue weighted by Crippen LogP contribution is -2.59. The molecular formula is C69H140N3O6+3. The standard InChI is InChI=1S/C69H140N3O6/c1-9-12-15-18-21-24-27-30-33-36-39-42-45-48-51-54-61-76-67(73)64-70(4,5)57-59-72(8,66-69(75)78-63-56-53-50-47-44-41-38-35-32-29-26-23-20-17-14-11-3)60-58-71(6,7)65-68(74)77-62-55-52-49-46-43-40-37-34-31-28-25-22-19-16-13-10-2/h9-66H2,1-8H3/q+3. The number of hydrogen-bond donors (Lipinski definition) is 0.